The normalized spacial score (nSPS) is 20.6. The average Bonchev–Trinajstić information content (AvgIpc) is 2.84. The maximum absolute atomic E-state index is 5.76. The molecule has 0 aromatic carbocycles. The van der Waals surface area contributed by atoms with Crippen molar-refractivity contribution in [3.05, 3.63) is 22.8 Å². The summed E-state index contributed by atoms with van der Waals surface area (Å²) in [5.41, 5.74) is 6.63. The lowest BCUT2D eigenvalue weighted by Crippen LogP contribution is -2.39. The highest BCUT2D eigenvalue weighted by molar-refractivity contribution is 9.10. The molecule has 1 unspecified atom stereocenters. The highest BCUT2D eigenvalue weighted by Crippen LogP contribution is 2.22. The number of halogens is 1. The van der Waals surface area contributed by atoms with Gasteiger partial charge in [-0.1, -0.05) is 0 Å². The SMILES string of the molecule is NCC1CCCN(c2nc3c(Br)cccn3n2)C1. The van der Waals surface area contributed by atoms with E-state index < -0.39 is 0 Å². The zero-order valence-electron chi connectivity index (χ0n) is 10.1. The van der Waals surface area contributed by atoms with Crippen molar-refractivity contribution in [2.45, 2.75) is 12.8 Å². The second kappa shape index (κ2) is 4.85. The number of fused-ring (bicyclic) bond motifs is 1. The smallest absolute Gasteiger partial charge is 0.245 e. The molecule has 0 bridgehead atoms. The predicted octanol–water partition coefficient (Wildman–Crippen LogP) is 1.67. The van der Waals surface area contributed by atoms with Gasteiger partial charge in [0.1, 0.15) is 0 Å². The monoisotopic (exact) mass is 309 g/mol. The van der Waals surface area contributed by atoms with E-state index in [1.807, 2.05) is 22.8 Å². The number of pyridine rings is 1. The Morgan fingerprint density at radius 1 is 1.50 bits per heavy atom. The number of piperidine rings is 1. The van der Waals surface area contributed by atoms with Gasteiger partial charge in [-0.2, -0.15) is 4.98 Å². The molecule has 2 N–H and O–H groups in total. The van der Waals surface area contributed by atoms with Gasteiger partial charge in [0.15, 0.2) is 5.65 Å². The van der Waals surface area contributed by atoms with Crippen molar-refractivity contribution in [1.82, 2.24) is 14.6 Å². The molecule has 18 heavy (non-hydrogen) atoms. The molecule has 1 fully saturated rings. The van der Waals surface area contributed by atoms with E-state index in [1.165, 1.54) is 12.8 Å². The minimum Gasteiger partial charge on any atom is -0.339 e. The first kappa shape index (κ1) is 11.9. The number of hydrogen-bond acceptors (Lipinski definition) is 4. The summed E-state index contributed by atoms with van der Waals surface area (Å²) < 4.78 is 2.78. The van der Waals surface area contributed by atoms with Crippen molar-refractivity contribution in [1.29, 1.82) is 0 Å². The van der Waals surface area contributed by atoms with Crippen molar-refractivity contribution in [3.63, 3.8) is 0 Å². The van der Waals surface area contributed by atoms with Crippen molar-refractivity contribution in [3.8, 4) is 0 Å². The maximum atomic E-state index is 5.76. The summed E-state index contributed by atoms with van der Waals surface area (Å²) in [6.07, 6.45) is 4.30. The van der Waals surface area contributed by atoms with Gasteiger partial charge >= 0.3 is 0 Å². The lowest BCUT2D eigenvalue weighted by atomic mass is 9.99. The lowest BCUT2D eigenvalue weighted by molar-refractivity contribution is 0.419. The summed E-state index contributed by atoms with van der Waals surface area (Å²) in [6.45, 7) is 2.73. The van der Waals surface area contributed by atoms with Gasteiger partial charge in [-0.05, 0) is 53.4 Å². The molecule has 0 amide bonds. The molecule has 0 spiro atoms. The van der Waals surface area contributed by atoms with Gasteiger partial charge in [-0.15, -0.1) is 5.10 Å². The summed E-state index contributed by atoms with van der Waals surface area (Å²) in [7, 11) is 0. The Labute approximate surface area is 114 Å². The van der Waals surface area contributed by atoms with E-state index in [0.717, 1.165) is 35.7 Å². The second-order valence-corrected chi connectivity index (χ2v) is 5.58. The first-order chi connectivity index (χ1) is 8.78. The van der Waals surface area contributed by atoms with Crippen molar-refractivity contribution in [2.24, 2.45) is 11.7 Å². The molecule has 0 radical (unpaired) electrons. The molecule has 3 rings (SSSR count). The number of nitrogens with zero attached hydrogens (tertiary/aromatic N) is 4. The summed E-state index contributed by atoms with van der Waals surface area (Å²) in [4.78, 5) is 6.83. The summed E-state index contributed by atoms with van der Waals surface area (Å²) >= 11 is 3.50. The second-order valence-electron chi connectivity index (χ2n) is 4.73. The Bertz CT molecular complexity index is 552. The van der Waals surface area contributed by atoms with Gasteiger partial charge in [-0.25, -0.2) is 4.52 Å². The molecule has 0 saturated carbocycles. The van der Waals surface area contributed by atoms with Crippen LogP contribution in [0.25, 0.3) is 5.65 Å². The molecule has 3 heterocycles. The number of aromatic nitrogens is 3. The van der Waals surface area contributed by atoms with E-state index in [4.69, 9.17) is 5.73 Å². The molecule has 96 valence electrons. The molecule has 2 aromatic heterocycles. The van der Waals surface area contributed by atoms with Crippen LogP contribution >= 0.6 is 15.9 Å². The van der Waals surface area contributed by atoms with Crippen LogP contribution < -0.4 is 10.6 Å². The van der Waals surface area contributed by atoms with Gasteiger partial charge in [-0.3, -0.25) is 0 Å². The van der Waals surface area contributed by atoms with Crippen molar-refractivity contribution < 1.29 is 0 Å². The molecule has 6 heteroatoms. The van der Waals surface area contributed by atoms with Crippen LogP contribution in [0.4, 0.5) is 5.95 Å². The molecule has 2 aromatic rings. The number of rotatable bonds is 2. The number of hydrogen-bond donors (Lipinski definition) is 1. The Morgan fingerprint density at radius 2 is 2.39 bits per heavy atom. The number of nitrogens with two attached hydrogens (primary N) is 1. The summed E-state index contributed by atoms with van der Waals surface area (Å²) in [5, 5.41) is 4.53. The fourth-order valence-electron chi connectivity index (χ4n) is 2.44. The van der Waals surface area contributed by atoms with Gasteiger partial charge < -0.3 is 10.6 Å². The minimum absolute atomic E-state index is 0.564. The fraction of sp³-hybridized carbons (Fsp3) is 0.500. The van der Waals surface area contributed by atoms with Crippen LogP contribution in [0.3, 0.4) is 0 Å². The standard InChI is InChI=1S/C12H16BrN5/c13-10-4-2-6-18-11(10)15-12(16-18)17-5-1-3-9(7-14)8-17/h2,4,6,9H,1,3,5,7-8,14H2. The van der Waals surface area contributed by atoms with E-state index in [0.29, 0.717) is 5.92 Å². The van der Waals surface area contributed by atoms with E-state index in [9.17, 15) is 0 Å². The van der Waals surface area contributed by atoms with Gasteiger partial charge in [0.2, 0.25) is 5.95 Å². The summed E-state index contributed by atoms with van der Waals surface area (Å²) in [5.74, 6) is 1.37. The Hall–Kier alpha value is -1.14. The van der Waals surface area contributed by atoms with Crippen molar-refractivity contribution in [2.75, 3.05) is 24.5 Å². The lowest BCUT2D eigenvalue weighted by Gasteiger charge is -2.31. The van der Waals surface area contributed by atoms with Crippen LogP contribution in [0.5, 0.6) is 0 Å². The minimum atomic E-state index is 0.564. The van der Waals surface area contributed by atoms with Crippen LogP contribution in [0.2, 0.25) is 0 Å². The molecule has 0 aliphatic carbocycles. The van der Waals surface area contributed by atoms with Crippen LogP contribution in [0, 0.1) is 5.92 Å². The average molecular weight is 310 g/mol. The van der Waals surface area contributed by atoms with Crippen LogP contribution in [-0.4, -0.2) is 34.2 Å². The Kier molecular flexibility index (Phi) is 3.22. The van der Waals surface area contributed by atoms with Gasteiger partial charge in [0, 0.05) is 19.3 Å². The van der Waals surface area contributed by atoms with Crippen LogP contribution in [0.15, 0.2) is 22.8 Å². The molecule has 5 nitrogen and oxygen atoms in total. The van der Waals surface area contributed by atoms with Crippen molar-refractivity contribution >= 4 is 27.5 Å². The topological polar surface area (TPSA) is 59.5 Å². The summed E-state index contributed by atoms with van der Waals surface area (Å²) in [6, 6.07) is 3.93. The van der Waals surface area contributed by atoms with Gasteiger partial charge in [0.25, 0.3) is 0 Å². The number of anilines is 1. The largest absolute Gasteiger partial charge is 0.339 e. The Morgan fingerprint density at radius 3 is 3.17 bits per heavy atom. The first-order valence-corrected chi connectivity index (χ1v) is 7.03. The third kappa shape index (κ3) is 2.10. The van der Waals surface area contributed by atoms with E-state index >= 15 is 0 Å². The molecule has 1 atom stereocenters. The van der Waals surface area contributed by atoms with Crippen LogP contribution in [-0.2, 0) is 0 Å². The van der Waals surface area contributed by atoms with Crippen LogP contribution in [0.1, 0.15) is 12.8 Å². The van der Waals surface area contributed by atoms with E-state index in [-0.39, 0.29) is 0 Å². The molecule has 1 aliphatic rings. The maximum Gasteiger partial charge on any atom is 0.245 e. The zero-order chi connectivity index (χ0) is 12.5. The van der Waals surface area contributed by atoms with E-state index in [2.05, 4.69) is 30.9 Å². The quantitative estimate of drug-likeness (QED) is 0.916. The van der Waals surface area contributed by atoms with Gasteiger partial charge in [0.05, 0.1) is 4.47 Å². The fourth-order valence-corrected chi connectivity index (χ4v) is 2.86. The molecular formula is C12H16BrN5. The Balaban J connectivity index is 1.92. The highest BCUT2D eigenvalue weighted by Gasteiger charge is 2.22. The highest BCUT2D eigenvalue weighted by atomic mass is 79.9. The predicted molar refractivity (Wildman–Crippen MR) is 74.7 cm³/mol. The first-order valence-electron chi connectivity index (χ1n) is 6.24. The molecular weight excluding hydrogens is 294 g/mol. The third-order valence-electron chi connectivity index (χ3n) is 3.44. The molecule has 1 aliphatic heterocycles. The zero-order valence-corrected chi connectivity index (χ0v) is 11.7. The third-order valence-corrected chi connectivity index (χ3v) is 4.06. The molecule has 1 saturated heterocycles. The van der Waals surface area contributed by atoms with E-state index in [1.54, 1.807) is 0 Å².